The topological polar surface area (TPSA) is 37.0 Å². The number of hydrogen-bond acceptors (Lipinski definition) is 4. The van der Waals surface area contributed by atoms with E-state index < -0.39 is 0 Å². The molecule has 1 fully saturated rings. The van der Waals surface area contributed by atoms with Crippen molar-refractivity contribution in [2.45, 2.75) is 39.2 Å². The maximum Gasteiger partial charge on any atom is 0.109 e. The van der Waals surface area contributed by atoms with Crippen molar-refractivity contribution in [3.8, 4) is 0 Å². The van der Waals surface area contributed by atoms with Crippen molar-refractivity contribution in [3.05, 3.63) is 16.1 Å². The summed E-state index contributed by atoms with van der Waals surface area (Å²) in [7, 11) is 0. The van der Waals surface area contributed by atoms with Crippen LogP contribution in [0.1, 0.15) is 42.6 Å². The first-order valence-electron chi connectivity index (χ1n) is 6.68. The molecular formula is C13H23N3S. The Hall–Kier alpha value is -0.450. The molecule has 0 aliphatic heterocycles. The van der Waals surface area contributed by atoms with Crippen molar-refractivity contribution >= 4 is 11.3 Å². The summed E-state index contributed by atoms with van der Waals surface area (Å²) in [5, 5.41) is 8.22. The van der Waals surface area contributed by atoms with E-state index in [4.69, 9.17) is 0 Å². The first kappa shape index (κ1) is 13.0. The zero-order valence-corrected chi connectivity index (χ0v) is 11.6. The Kier molecular flexibility index (Phi) is 4.95. The van der Waals surface area contributed by atoms with Crippen LogP contribution in [0.3, 0.4) is 0 Å². The Bertz CT molecular complexity index is 333. The zero-order chi connectivity index (χ0) is 12.1. The molecule has 0 aromatic carbocycles. The largest absolute Gasteiger partial charge is 0.315 e. The van der Waals surface area contributed by atoms with Gasteiger partial charge in [0.1, 0.15) is 5.01 Å². The Morgan fingerprint density at radius 3 is 2.94 bits per heavy atom. The van der Waals surface area contributed by atoms with E-state index in [1.54, 1.807) is 0 Å². The molecule has 1 unspecified atom stereocenters. The summed E-state index contributed by atoms with van der Waals surface area (Å²) >= 11 is 1.83. The molecule has 0 spiro atoms. The molecule has 1 aliphatic carbocycles. The lowest BCUT2D eigenvalue weighted by Gasteiger charge is -2.11. The van der Waals surface area contributed by atoms with Gasteiger partial charge in [-0.05, 0) is 38.6 Å². The van der Waals surface area contributed by atoms with Gasteiger partial charge in [-0.15, -0.1) is 11.3 Å². The lowest BCUT2D eigenvalue weighted by molar-refractivity contribution is 0.536. The fraction of sp³-hybridized carbons (Fsp3) is 0.769. The Morgan fingerprint density at radius 2 is 2.29 bits per heavy atom. The summed E-state index contributed by atoms with van der Waals surface area (Å²) in [6, 6.07) is 0.378. The normalized spacial score (nSPS) is 17.3. The van der Waals surface area contributed by atoms with E-state index in [0.717, 1.165) is 25.4 Å². The molecule has 0 bridgehead atoms. The molecule has 2 N–H and O–H groups in total. The van der Waals surface area contributed by atoms with E-state index in [1.807, 2.05) is 17.5 Å². The second-order valence-corrected chi connectivity index (χ2v) is 5.99. The lowest BCUT2D eigenvalue weighted by atomic mass is 10.3. The summed E-state index contributed by atoms with van der Waals surface area (Å²) in [5.41, 5.74) is 0. The fourth-order valence-corrected chi connectivity index (χ4v) is 2.66. The van der Waals surface area contributed by atoms with Gasteiger partial charge in [-0.2, -0.15) is 0 Å². The average molecular weight is 253 g/mol. The molecule has 1 heterocycles. The first-order valence-corrected chi connectivity index (χ1v) is 7.50. The van der Waals surface area contributed by atoms with E-state index in [2.05, 4.69) is 29.5 Å². The van der Waals surface area contributed by atoms with E-state index >= 15 is 0 Å². The highest BCUT2D eigenvalue weighted by Gasteiger charge is 2.19. The highest BCUT2D eigenvalue weighted by atomic mass is 32.1. The molecule has 3 nitrogen and oxygen atoms in total. The first-order chi connectivity index (χ1) is 8.29. The minimum atomic E-state index is 0.378. The van der Waals surface area contributed by atoms with Gasteiger partial charge in [0.05, 0.1) is 6.04 Å². The van der Waals surface area contributed by atoms with Crippen LogP contribution in [0.15, 0.2) is 6.20 Å². The predicted octanol–water partition coefficient (Wildman–Crippen LogP) is 2.36. The number of thiazole rings is 1. The van der Waals surface area contributed by atoms with Crippen molar-refractivity contribution in [3.63, 3.8) is 0 Å². The minimum Gasteiger partial charge on any atom is -0.315 e. The molecule has 1 saturated carbocycles. The van der Waals surface area contributed by atoms with Gasteiger partial charge in [0.25, 0.3) is 0 Å². The molecular weight excluding hydrogens is 230 g/mol. The van der Waals surface area contributed by atoms with Crippen LogP contribution in [-0.2, 0) is 6.42 Å². The molecule has 1 aliphatic rings. The summed E-state index contributed by atoms with van der Waals surface area (Å²) < 4.78 is 0. The van der Waals surface area contributed by atoms with Gasteiger partial charge in [-0.3, -0.25) is 0 Å². The van der Waals surface area contributed by atoms with E-state index in [1.165, 1.54) is 29.3 Å². The minimum absolute atomic E-state index is 0.378. The van der Waals surface area contributed by atoms with Crippen molar-refractivity contribution in [2.24, 2.45) is 5.92 Å². The van der Waals surface area contributed by atoms with E-state index in [-0.39, 0.29) is 0 Å². The Morgan fingerprint density at radius 1 is 1.47 bits per heavy atom. The second kappa shape index (κ2) is 6.47. The maximum atomic E-state index is 4.46. The molecule has 1 aromatic rings. The number of hydrogen-bond donors (Lipinski definition) is 2. The third-order valence-electron chi connectivity index (χ3n) is 3.17. The van der Waals surface area contributed by atoms with Crippen LogP contribution in [-0.4, -0.2) is 24.6 Å². The molecule has 4 heteroatoms. The summed E-state index contributed by atoms with van der Waals surface area (Å²) in [6.45, 7) is 7.66. The van der Waals surface area contributed by atoms with Gasteiger partial charge in [-0.1, -0.05) is 6.92 Å². The van der Waals surface area contributed by atoms with Crippen molar-refractivity contribution < 1.29 is 0 Å². The average Bonchev–Trinajstić information content (AvgIpc) is 3.03. The van der Waals surface area contributed by atoms with Crippen LogP contribution < -0.4 is 10.6 Å². The van der Waals surface area contributed by atoms with Gasteiger partial charge in [-0.25, -0.2) is 4.98 Å². The van der Waals surface area contributed by atoms with Crippen LogP contribution >= 0.6 is 11.3 Å². The van der Waals surface area contributed by atoms with Crippen LogP contribution in [0, 0.1) is 5.92 Å². The summed E-state index contributed by atoms with van der Waals surface area (Å²) in [4.78, 5) is 5.84. The van der Waals surface area contributed by atoms with E-state index in [0.29, 0.717) is 6.04 Å². The number of aromatic nitrogens is 1. The Labute approximate surface area is 108 Å². The van der Waals surface area contributed by atoms with Gasteiger partial charge in [0.15, 0.2) is 0 Å². The number of nitrogens with one attached hydrogen (secondary N) is 2. The molecule has 0 saturated heterocycles. The smallest absolute Gasteiger partial charge is 0.109 e. The van der Waals surface area contributed by atoms with Gasteiger partial charge < -0.3 is 10.6 Å². The molecule has 17 heavy (non-hydrogen) atoms. The SMILES string of the molecule is CCc1cnc(C(C)NCCNCC2CC2)s1. The van der Waals surface area contributed by atoms with Gasteiger partial charge >= 0.3 is 0 Å². The predicted molar refractivity (Wildman–Crippen MR) is 73.5 cm³/mol. The highest BCUT2D eigenvalue weighted by Crippen LogP contribution is 2.27. The van der Waals surface area contributed by atoms with Crippen LogP contribution in [0.5, 0.6) is 0 Å². The van der Waals surface area contributed by atoms with Gasteiger partial charge in [0.2, 0.25) is 0 Å². The molecule has 96 valence electrons. The number of rotatable bonds is 8. The summed E-state index contributed by atoms with van der Waals surface area (Å²) in [6.07, 6.45) is 5.95. The molecule has 0 radical (unpaired) electrons. The van der Waals surface area contributed by atoms with Crippen molar-refractivity contribution in [1.82, 2.24) is 15.6 Å². The summed E-state index contributed by atoms with van der Waals surface area (Å²) in [5.74, 6) is 0.971. The second-order valence-electron chi connectivity index (χ2n) is 4.84. The molecule has 1 atom stereocenters. The van der Waals surface area contributed by atoms with E-state index in [9.17, 15) is 0 Å². The monoisotopic (exact) mass is 253 g/mol. The third kappa shape index (κ3) is 4.37. The standard InChI is InChI=1S/C13H23N3S/c1-3-12-9-16-13(17-12)10(2)15-7-6-14-8-11-4-5-11/h9-11,14-15H,3-8H2,1-2H3. The number of nitrogens with zero attached hydrogens (tertiary/aromatic N) is 1. The van der Waals surface area contributed by atoms with Crippen LogP contribution in [0.4, 0.5) is 0 Å². The molecule has 2 rings (SSSR count). The maximum absolute atomic E-state index is 4.46. The van der Waals surface area contributed by atoms with Gasteiger partial charge in [0, 0.05) is 24.2 Å². The lowest BCUT2D eigenvalue weighted by Crippen LogP contribution is -2.30. The van der Waals surface area contributed by atoms with Crippen molar-refractivity contribution in [1.29, 1.82) is 0 Å². The third-order valence-corrected chi connectivity index (χ3v) is 4.50. The molecule has 1 aromatic heterocycles. The zero-order valence-electron chi connectivity index (χ0n) is 10.8. The number of aryl methyl sites for hydroxylation is 1. The highest BCUT2D eigenvalue weighted by molar-refractivity contribution is 7.11. The van der Waals surface area contributed by atoms with Crippen LogP contribution in [0.25, 0.3) is 0 Å². The van der Waals surface area contributed by atoms with Crippen molar-refractivity contribution in [2.75, 3.05) is 19.6 Å². The van der Waals surface area contributed by atoms with Crippen LogP contribution in [0.2, 0.25) is 0 Å². The Balaban J connectivity index is 1.60. The quantitative estimate of drug-likeness (QED) is 0.698. The molecule has 0 amide bonds. The fourth-order valence-electron chi connectivity index (χ4n) is 1.78.